The minimum atomic E-state index is 0.448. The Morgan fingerprint density at radius 1 is 0.971 bits per heavy atom. The molecule has 0 radical (unpaired) electrons. The quantitative estimate of drug-likeness (QED) is 0.407. The molecule has 1 fully saturated rings. The maximum absolute atomic E-state index is 6.23. The van der Waals surface area contributed by atoms with Crippen LogP contribution in [0, 0.1) is 6.92 Å². The van der Waals surface area contributed by atoms with Crippen LogP contribution in [0.3, 0.4) is 0 Å². The topological polar surface area (TPSA) is 118 Å². The number of nitrogens with zero attached hydrogens (tertiary/aromatic N) is 6. The molecule has 0 amide bonds. The smallest absolute Gasteiger partial charge is 0.231 e. The molecule has 5 aromatic heterocycles. The monoisotopic (exact) mass is 454 g/mol. The summed E-state index contributed by atoms with van der Waals surface area (Å²) in [6.07, 6.45) is 3.48. The van der Waals surface area contributed by atoms with E-state index in [1.807, 2.05) is 49.4 Å². The van der Waals surface area contributed by atoms with Crippen molar-refractivity contribution in [2.45, 2.75) is 6.92 Å². The van der Waals surface area contributed by atoms with Crippen molar-refractivity contribution < 1.29 is 9.15 Å². The number of furan rings is 1. The first-order valence-corrected chi connectivity index (χ1v) is 11.0. The fraction of sp³-hybridized carbons (Fsp3) is 0.208. The van der Waals surface area contributed by atoms with Gasteiger partial charge < -0.3 is 19.4 Å². The van der Waals surface area contributed by atoms with Gasteiger partial charge in [-0.3, -0.25) is 15.1 Å². The van der Waals surface area contributed by atoms with Crippen molar-refractivity contribution in [3.8, 4) is 22.7 Å². The number of rotatable bonds is 5. The van der Waals surface area contributed by atoms with Gasteiger partial charge in [0.2, 0.25) is 5.95 Å². The molecule has 6 heterocycles. The summed E-state index contributed by atoms with van der Waals surface area (Å²) in [5.41, 5.74) is 4.76. The number of aromatic nitrogens is 6. The highest BCUT2D eigenvalue weighted by Crippen LogP contribution is 2.33. The lowest BCUT2D eigenvalue weighted by Gasteiger charge is -2.27. The van der Waals surface area contributed by atoms with Crippen LogP contribution in [-0.4, -0.2) is 56.4 Å². The molecule has 5 aromatic rings. The molecule has 2 N–H and O–H groups in total. The van der Waals surface area contributed by atoms with E-state index in [4.69, 9.17) is 19.1 Å². The van der Waals surface area contributed by atoms with E-state index in [1.165, 1.54) is 0 Å². The molecular weight excluding hydrogens is 432 g/mol. The van der Waals surface area contributed by atoms with Crippen LogP contribution in [0.15, 0.2) is 59.3 Å². The van der Waals surface area contributed by atoms with Crippen LogP contribution in [0.2, 0.25) is 0 Å². The van der Waals surface area contributed by atoms with Gasteiger partial charge in [-0.05, 0) is 31.2 Å². The van der Waals surface area contributed by atoms with E-state index in [1.54, 1.807) is 12.4 Å². The Hall–Kier alpha value is -4.31. The van der Waals surface area contributed by atoms with E-state index in [9.17, 15) is 0 Å². The number of hydrogen-bond donors (Lipinski definition) is 2. The first kappa shape index (κ1) is 20.3. The fourth-order valence-electron chi connectivity index (χ4n) is 3.94. The molecule has 34 heavy (non-hydrogen) atoms. The number of fused-ring (bicyclic) bond motifs is 1. The second-order valence-corrected chi connectivity index (χ2v) is 7.99. The van der Waals surface area contributed by atoms with Gasteiger partial charge in [0.1, 0.15) is 22.8 Å². The fourth-order valence-corrected chi connectivity index (χ4v) is 3.94. The summed E-state index contributed by atoms with van der Waals surface area (Å²) in [6.45, 7) is 4.68. The zero-order chi connectivity index (χ0) is 22.9. The van der Waals surface area contributed by atoms with Crippen LogP contribution in [0.5, 0.6) is 0 Å². The Morgan fingerprint density at radius 3 is 2.65 bits per heavy atom. The van der Waals surface area contributed by atoms with Gasteiger partial charge in [0, 0.05) is 48.9 Å². The van der Waals surface area contributed by atoms with Gasteiger partial charge in [0.05, 0.1) is 18.9 Å². The predicted octanol–water partition coefficient (Wildman–Crippen LogP) is 3.96. The standard InChI is InChI=1S/C24H22N8O2/c1-15-3-2-4-17(26-15)18-14-21(31-30-18)28-24-27-19-13-20(16-5-7-25-8-6-16)34-22(19)23(29-24)32-9-11-33-12-10-32/h2-8,13-14H,9-12H2,1H3,(H2,27,28,29,30,31). The van der Waals surface area contributed by atoms with Crippen molar-refractivity contribution in [1.82, 2.24) is 30.1 Å². The molecule has 1 aliphatic rings. The summed E-state index contributed by atoms with van der Waals surface area (Å²) >= 11 is 0. The highest BCUT2D eigenvalue weighted by Gasteiger charge is 2.22. The minimum Gasteiger partial charge on any atom is -0.450 e. The molecule has 0 spiro atoms. The van der Waals surface area contributed by atoms with Crippen molar-refractivity contribution in [1.29, 1.82) is 0 Å². The van der Waals surface area contributed by atoms with Gasteiger partial charge in [-0.2, -0.15) is 10.1 Å². The molecule has 0 saturated carbocycles. The molecule has 10 nitrogen and oxygen atoms in total. The molecule has 0 bridgehead atoms. The van der Waals surface area contributed by atoms with Crippen LogP contribution < -0.4 is 10.2 Å². The van der Waals surface area contributed by atoms with Crippen molar-refractivity contribution in [2.24, 2.45) is 0 Å². The highest BCUT2D eigenvalue weighted by atomic mass is 16.5. The second-order valence-electron chi connectivity index (χ2n) is 7.99. The molecule has 0 aliphatic carbocycles. The number of aromatic amines is 1. The van der Waals surface area contributed by atoms with Gasteiger partial charge in [0.25, 0.3) is 0 Å². The highest BCUT2D eigenvalue weighted by molar-refractivity contribution is 5.89. The number of ether oxygens (including phenoxy) is 1. The lowest BCUT2D eigenvalue weighted by atomic mass is 10.2. The third-order valence-electron chi connectivity index (χ3n) is 5.60. The molecule has 1 saturated heterocycles. The lowest BCUT2D eigenvalue weighted by Crippen LogP contribution is -2.37. The van der Waals surface area contributed by atoms with Gasteiger partial charge in [0.15, 0.2) is 11.4 Å². The van der Waals surface area contributed by atoms with Crippen LogP contribution in [0.1, 0.15) is 5.69 Å². The second kappa shape index (κ2) is 8.56. The molecule has 0 atom stereocenters. The third-order valence-corrected chi connectivity index (χ3v) is 5.60. The summed E-state index contributed by atoms with van der Waals surface area (Å²) in [4.78, 5) is 20.3. The number of hydrogen-bond acceptors (Lipinski definition) is 9. The summed E-state index contributed by atoms with van der Waals surface area (Å²) < 4.78 is 11.8. The summed E-state index contributed by atoms with van der Waals surface area (Å²) in [6, 6.07) is 13.5. The van der Waals surface area contributed by atoms with Crippen LogP contribution in [-0.2, 0) is 4.74 Å². The van der Waals surface area contributed by atoms with Gasteiger partial charge in [-0.25, -0.2) is 4.98 Å². The maximum atomic E-state index is 6.23. The Bertz CT molecular complexity index is 1440. The van der Waals surface area contributed by atoms with Crippen molar-refractivity contribution in [2.75, 3.05) is 36.5 Å². The molecule has 0 unspecified atom stereocenters. The molecule has 10 heteroatoms. The number of H-pyrrole nitrogens is 1. The summed E-state index contributed by atoms with van der Waals surface area (Å²) in [5.74, 6) is 2.57. The van der Waals surface area contributed by atoms with Crippen molar-refractivity contribution in [3.63, 3.8) is 0 Å². The summed E-state index contributed by atoms with van der Waals surface area (Å²) in [7, 11) is 0. The Labute approximate surface area is 195 Å². The maximum Gasteiger partial charge on any atom is 0.231 e. The van der Waals surface area contributed by atoms with E-state index in [2.05, 4.69) is 30.4 Å². The SMILES string of the molecule is Cc1cccc(-c2cc(Nc3nc(N4CCOCC4)c4oc(-c5ccncc5)cc4n3)[nH]n2)n1. The molecule has 1 aliphatic heterocycles. The lowest BCUT2D eigenvalue weighted by molar-refractivity contribution is 0.122. The van der Waals surface area contributed by atoms with Gasteiger partial charge in [-0.1, -0.05) is 6.07 Å². The predicted molar refractivity (Wildman–Crippen MR) is 128 cm³/mol. The van der Waals surface area contributed by atoms with Crippen molar-refractivity contribution >= 4 is 28.7 Å². The van der Waals surface area contributed by atoms with E-state index in [-0.39, 0.29) is 0 Å². The number of anilines is 3. The van der Waals surface area contributed by atoms with E-state index >= 15 is 0 Å². The van der Waals surface area contributed by atoms with E-state index < -0.39 is 0 Å². The largest absolute Gasteiger partial charge is 0.450 e. The average Bonchev–Trinajstić information content (AvgIpc) is 3.52. The Kier molecular flexibility index (Phi) is 5.11. The minimum absolute atomic E-state index is 0.448. The number of morpholine rings is 1. The van der Waals surface area contributed by atoms with E-state index in [0.29, 0.717) is 41.8 Å². The molecule has 0 aromatic carbocycles. The van der Waals surface area contributed by atoms with Crippen LogP contribution in [0.25, 0.3) is 33.8 Å². The van der Waals surface area contributed by atoms with Crippen LogP contribution >= 0.6 is 0 Å². The first-order chi connectivity index (χ1) is 16.7. The van der Waals surface area contributed by atoms with Crippen LogP contribution in [0.4, 0.5) is 17.6 Å². The van der Waals surface area contributed by atoms with E-state index in [0.717, 1.165) is 41.6 Å². The molecular formula is C24H22N8O2. The summed E-state index contributed by atoms with van der Waals surface area (Å²) in [5, 5.41) is 10.6. The first-order valence-electron chi connectivity index (χ1n) is 11.0. The number of nitrogens with one attached hydrogen (secondary N) is 2. The number of pyridine rings is 2. The van der Waals surface area contributed by atoms with Gasteiger partial charge in [-0.15, -0.1) is 0 Å². The third kappa shape index (κ3) is 3.95. The van der Waals surface area contributed by atoms with Gasteiger partial charge >= 0.3 is 0 Å². The zero-order valence-corrected chi connectivity index (χ0v) is 18.5. The molecule has 170 valence electrons. The zero-order valence-electron chi connectivity index (χ0n) is 18.5. The Balaban J connectivity index is 1.38. The average molecular weight is 454 g/mol. The normalized spacial score (nSPS) is 14.0. The van der Waals surface area contributed by atoms with Crippen molar-refractivity contribution in [3.05, 3.63) is 60.6 Å². The Morgan fingerprint density at radius 2 is 1.82 bits per heavy atom. The number of aryl methyl sites for hydroxylation is 1. The molecule has 6 rings (SSSR count).